The topological polar surface area (TPSA) is 15.3 Å². The minimum absolute atomic E-state index is 0.373. The largest absolute Gasteiger partial charge is 0.308 e. The van der Waals surface area contributed by atoms with E-state index in [2.05, 4.69) is 44.8 Å². The van der Waals surface area contributed by atoms with Gasteiger partial charge in [-0.05, 0) is 32.1 Å². The Balaban J connectivity index is 2.13. The maximum atomic E-state index is 3.89. The van der Waals surface area contributed by atoms with E-state index < -0.39 is 0 Å². The second-order valence-electron chi connectivity index (χ2n) is 7.52. The van der Waals surface area contributed by atoms with E-state index in [1.54, 1.807) is 0 Å². The van der Waals surface area contributed by atoms with Crippen LogP contribution in [-0.4, -0.2) is 35.6 Å². The number of nitrogens with zero attached hydrogens (tertiary/aromatic N) is 1. The van der Waals surface area contributed by atoms with E-state index in [4.69, 9.17) is 0 Å². The highest BCUT2D eigenvalue weighted by molar-refractivity contribution is 5.03. The van der Waals surface area contributed by atoms with Gasteiger partial charge in [-0.1, -0.05) is 33.6 Å². The van der Waals surface area contributed by atoms with Gasteiger partial charge in [-0.2, -0.15) is 0 Å². The molecule has 0 aromatic heterocycles. The van der Waals surface area contributed by atoms with Crippen molar-refractivity contribution in [2.75, 3.05) is 13.1 Å². The van der Waals surface area contributed by atoms with Gasteiger partial charge < -0.3 is 5.32 Å². The second-order valence-corrected chi connectivity index (χ2v) is 7.52. The highest BCUT2D eigenvalue weighted by Gasteiger charge is 2.44. The first-order chi connectivity index (χ1) is 7.84. The Hall–Kier alpha value is -0.0800. The maximum absolute atomic E-state index is 3.89. The number of nitrogens with one attached hydrogen (secondary N) is 1. The summed E-state index contributed by atoms with van der Waals surface area (Å²) in [5.74, 6) is 0. The first-order valence-electron chi connectivity index (χ1n) is 7.35. The summed E-state index contributed by atoms with van der Waals surface area (Å²) in [6, 6.07) is 1.34. The number of rotatable bonds is 1. The first kappa shape index (κ1) is 13.4. The van der Waals surface area contributed by atoms with Crippen LogP contribution in [0.4, 0.5) is 0 Å². The van der Waals surface area contributed by atoms with Gasteiger partial charge in [-0.3, -0.25) is 4.90 Å². The molecule has 0 aromatic carbocycles. The van der Waals surface area contributed by atoms with Gasteiger partial charge in [0.2, 0.25) is 0 Å². The van der Waals surface area contributed by atoms with E-state index in [0.717, 1.165) is 0 Å². The third-order valence-corrected chi connectivity index (χ3v) is 4.78. The van der Waals surface area contributed by atoms with Gasteiger partial charge in [0, 0.05) is 30.7 Å². The summed E-state index contributed by atoms with van der Waals surface area (Å²) in [5.41, 5.74) is 0.823. The lowest BCUT2D eigenvalue weighted by Crippen LogP contribution is -2.67. The van der Waals surface area contributed by atoms with Crippen molar-refractivity contribution >= 4 is 0 Å². The van der Waals surface area contributed by atoms with E-state index in [-0.39, 0.29) is 0 Å². The third kappa shape index (κ3) is 2.68. The molecular weight excluding hydrogens is 208 g/mol. The molecule has 1 heterocycles. The predicted molar refractivity (Wildman–Crippen MR) is 74.3 cm³/mol. The zero-order chi connectivity index (χ0) is 12.7. The van der Waals surface area contributed by atoms with Crippen LogP contribution in [0, 0.1) is 5.41 Å². The predicted octanol–water partition coefficient (Wildman–Crippen LogP) is 3.03. The van der Waals surface area contributed by atoms with E-state index in [0.29, 0.717) is 23.0 Å². The molecule has 2 aliphatic rings. The molecule has 1 saturated heterocycles. The number of hydrogen-bond donors (Lipinski definition) is 1. The van der Waals surface area contributed by atoms with Crippen LogP contribution in [0.5, 0.6) is 0 Å². The van der Waals surface area contributed by atoms with E-state index in [1.807, 2.05) is 0 Å². The molecule has 100 valence electrons. The fraction of sp³-hybridized carbons (Fsp3) is 1.00. The molecule has 1 spiro atoms. The van der Waals surface area contributed by atoms with Crippen molar-refractivity contribution in [3.8, 4) is 0 Å². The van der Waals surface area contributed by atoms with Crippen molar-refractivity contribution in [2.45, 2.75) is 77.9 Å². The van der Waals surface area contributed by atoms with Gasteiger partial charge in [0.1, 0.15) is 0 Å². The minimum Gasteiger partial charge on any atom is -0.308 e. The zero-order valence-electron chi connectivity index (χ0n) is 12.3. The van der Waals surface area contributed by atoms with Gasteiger partial charge in [-0.15, -0.1) is 0 Å². The lowest BCUT2D eigenvalue weighted by Gasteiger charge is -2.52. The molecule has 0 bridgehead atoms. The summed E-state index contributed by atoms with van der Waals surface area (Å²) in [5, 5.41) is 3.89. The quantitative estimate of drug-likeness (QED) is 0.755. The van der Waals surface area contributed by atoms with Crippen molar-refractivity contribution in [1.82, 2.24) is 10.2 Å². The molecule has 0 amide bonds. The molecule has 1 atom stereocenters. The summed E-state index contributed by atoms with van der Waals surface area (Å²) in [6.07, 6.45) is 5.60. The van der Waals surface area contributed by atoms with Gasteiger partial charge in [-0.25, -0.2) is 0 Å². The molecule has 1 saturated carbocycles. The molecule has 0 aromatic rings. The monoisotopic (exact) mass is 238 g/mol. The molecular formula is C15H30N2. The number of hydrogen-bond acceptors (Lipinski definition) is 2. The Morgan fingerprint density at radius 1 is 1.18 bits per heavy atom. The van der Waals surface area contributed by atoms with E-state index >= 15 is 0 Å². The van der Waals surface area contributed by atoms with Gasteiger partial charge in [0.15, 0.2) is 0 Å². The maximum Gasteiger partial charge on any atom is 0.0309 e. The van der Waals surface area contributed by atoms with Crippen molar-refractivity contribution in [3.05, 3.63) is 0 Å². The Kier molecular flexibility index (Phi) is 3.57. The van der Waals surface area contributed by atoms with Crippen LogP contribution >= 0.6 is 0 Å². The van der Waals surface area contributed by atoms with Crippen molar-refractivity contribution in [3.63, 3.8) is 0 Å². The molecule has 2 heteroatoms. The molecule has 1 aliphatic heterocycles. The van der Waals surface area contributed by atoms with Crippen LogP contribution in [-0.2, 0) is 0 Å². The molecule has 17 heavy (non-hydrogen) atoms. The third-order valence-electron chi connectivity index (χ3n) is 4.78. The molecule has 1 aliphatic carbocycles. The summed E-state index contributed by atoms with van der Waals surface area (Å²) in [6.45, 7) is 14.3. The van der Waals surface area contributed by atoms with Crippen LogP contribution in [0.1, 0.15) is 60.3 Å². The average molecular weight is 238 g/mol. The SMILES string of the molecule is CC(C)N1CC2(CCCC2)NCC1C(C)(C)C. The fourth-order valence-corrected chi connectivity index (χ4v) is 3.68. The Morgan fingerprint density at radius 2 is 1.76 bits per heavy atom. The van der Waals surface area contributed by atoms with Crippen LogP contribution in [0.3, 0.4) is 0 Å². The van der Waals surface area contributed by atoms with Crippen molar-refractivity contribution in [1.29, 1.82) is 0 Å². The lowest BCUT2D eigenvalue weighted by molar-refractivity contribution is 0.00262. The molecule has 0 radical (unpaired) electrons. The summed E-state index contributed by atoms with van der Waals surface area (Å²) in [4.78, 5) is 2.75. The molecule has 2 nitrogen and oxygen atoms in total. The van der Waals surface area contributed by atoms with Gasteiger partial charge >= 0.3 is 0 Å². The minimum atomic E-state index is 0.373. The second kappa shape index (κ2) is 4.55. The molecule has 2 fully saturated rings. The van der Waals surface area contributed by atoms with Gasteiger partial charge in [0.05, 0.1) is 0 Å². The van der Waals surface area contributed by atoms with Gasteiger partial charge in [0.25, 0.3) is 0 Å². The van der Waals surface area contributed by atoms with Crippen LogP contribution in [0.25, 0.3) is 0 Å². The summed E-state index contributed by atoms with van der Waals surface area (Å²) in [7, 11) is 0. The Morgan fingerprint density at radius 3 is 2.24 bits per heavy atom. The Bertz CT molecular complexity index is 259. The van der Waals surface area contributed by atoms with Crippen LogP contribution < -0.4 is 5.32 Å². The standard InChI is InChI=1S/C15H30N2/c1-12(2)17-11-15(8-6-7-9-15)16-10-13(17)14(3,4)5/h12-13,16H,6-11H2,1-5H3. The van der Waals surface area contributed by atoms with Crippen LogP contribution in [0.2, 0.25) is 0 Å². The fourth-order valence-electron chi connectivity index (χ4n) is 3.68. The highest BCUT2D eigenvalue weighted by atomic mass is 15.3. The molecule has 1 unspecified atom stereocenters. The lowest BCUT2D eigenvalue weighted by atomic mass is 9.80. The van der Waals surface area contributed by atoms with E-state index in [1.165, 1.54) is 38.8 Å². The van der Waals surface area contributed by atoms with Crippen molar-refractivity contribution in [2.24, 2.45) is 5.41 Å². The Labute approximate surface area is 107 Å². The van der Waals surface area contributed by atoms with E-state index in [9.17, 15) is 0 Å². The average Bonchev–Trinajstić information content (AvgIpc) is 2.64. The highest BCUT2D eigenvalue weighted by Crippen LogP contribution is 2.37. The smallest absolute Gasteiger partial charge is 0.0309 e. The van der Waals surface area contributed by atoms with Crippen molar-refractivity contribution < 1.29 is 0 Å². The zero-order valence-corrected chi connectivity index (χ0v) is 12.3. The first-order valence-corrected chi connectivity index (χ1v) is 7.35. The van der Waals surface area contributed by atoms with Crippen LogP contribution in [0.15, 0.2) is 0 Å². The number of piperazine rings is 1. The summed E-state index contributed by atoms with van der Waals surface area (Å²) < 4.78 is 0. The normalized spacial score (nSPS) is 30.4. The summed E-state index contributed by atoms with van der Waals surface area (Å²) >= 11 is 0. The molecule has 2 rings (SSSR count). The molecule has 1 N–H and O–H groups in total.